The lowest BCUT2D eigenvalue weighted by atomic mass is 10.1. The van der Waals surface area contributed by atoms with Gasteiger partial charge in [0.05, 0.1) is 7.11 Å². The fourth-order valence-corrected chi connectivity index (χ4v) is 4.68. The van der Waals surface area contributed by atoms with Crippen molar-refractivity contribution in [2.75, 3.05) is 12.4 Å². The number of nitrogens with one attached hydrogen (secondary N) is 2. The van der Waals surface area contributed by atoms with E-state index in [0.717, 1.165) is 5.56 Å². The fourth-order valence-electron chi connectivity index (χ4n) is 3.06. The van der Waals surface area contributed by atoms with Gasteiger partial charge in [0.25, 0.3) is 5.91 Å². The number of benzene rings is 3. The van der Waals surface area contributed by atoms with Crippen LogP contribution in [0.1, 0.15) is 36.7 Å². The summed E-state index contributed by atoms with van der Waals surface area (Å²) in [6.07, 6.45) is 0. The maximum atomic E-state index is 12.8. The van der Waals surface area contributed by atoms with E-state index in [0.29, 0.717) is 18.0 Å². The number of anilines is 1. The first kappa shape index (κ1) is 24.3. The number of sulfonamides is 1. The van der Waals surface area contributed by atoms with Crippen LogP contribution in [0.5, 0.6) is 11.5 Å². The summed E-state index contributed by atoms with van der Waals surface area (Å²) >= 11 is 0. The minimum absolute atomic E-state index is 0.0998. The summed E-state index contributed by atoms with van der Waals surface area (Å²) in [7, 11) is -2.51. The molecule has 0 aliphatic carbocycles. The minimum atomic E-state index is -3.90. The van der Waals surface area contributed by atoms with Crippen LogP contribution in [0, 0.1) is 0 Å². The lowest BCUT2D eigenvalue weighted by Crippen LogP contribution is -2.40. The van der Waals surface area contributed by atoms with Crippen molar-refractivity contribution in [3.05, 3.63) is 83.9 Å². The second-order valence-electron chi connectivity index (χ2n) is 8.47. The van der Waals surface area contributed by atoms with Gasteiger partial charge in [0.2, 0.25) is 10.0 Å². The number of ether oxygens (including phenoxy) is 2. The van der Waals surface area contributed by atoms with E-state index in [-0.39, 0.29) is 16.2 Å². The van der Waals surface area contributed by atoms with Crippen molar-refractivity contribution in [2.45, 2.75) is 37.8 Å². The molecule has 3 aromatic rings. The number of carbonyl (C=O) groups excluding carboxylic acids is 1. The highest BCUT2D eigenvalue weighted by Crippen LogP contribution is 2.27. The van der Waals surface area contributed by atoms with E-state index in [4.69, 9.17) is 9.47 Å². The molecule has 2 N–H and O–H groups in total. The number of methoxy groups -OCH3 is 1. The normalized spacial score (nSPS) is 11.6. The van der Waals surface area contributed by atoms with E-state index in [1.165, 1.54) is 25.3 Å². The molecule has 0 aromatic heterocycles. The molecule has 174 valence electrons. The Morgan fingerprint density at radius 1 is 0.939 bits per heavy atom. The van der Waals surface area contributed by atoms with Crippen LogP contribution < -0.4 is 19.5 Å². The van der Waals surface area contributed by atoms with Gasteiger partial charge in [-0.3, -0.25) is 4.79 Å². The van der Waals surface area contributed by atoms with E-state index in [9.17, 15) is 13.2 Å². The van der Waals surface area contributed by atoms with Gasteiger partial charge in [-0.1, -0.05) is 30.3 Å². The topological polar surface area (TPSA) is 93.7 Å². The quantitative estimate of drug-likeness (QED) is 0.504. The maximum Gasteiger partial charge on any atom is 0.255 e. The van der Waals surface area contributed by atoms with Crippen LogP contribution in [0.4, 0.5) is 5.69 Å². The van der Waals surface area contributed by atoms with E-state index in [1.807, 2.05) is 30.3 Å². The van der Waals surface area contributed by atoms with Gasteiger partial charge < -0.3 is 14.8 Å². The molecule has 7 nitrogen and oxygen atoms in total. The molecule has 0 bridgehead atoms. The van der Waals surface area contributed by atoms with E-state index in [2.05, 4.69) is 10.0 Å². The predicted octanol–water partition coefficient (Wildman–Crippen LogP) is 4.60. The largest absolute Gasteiger partial charge is 0.495 e. The SMILES string of the molecule is COc1ccc(C(=O)Nc2ccc(OCc3ccccc3)cc2)cc1S(=O)(=O)NC(C)(C)C. The minimum Gasteiger partial charge on any atom is -0.495 e. The zero-order chi connectivity index (χ0) is 24.1. The highest BCUT2D eigenvalue weighted by atomic mass is 32.2. The van der Waals surface area contributed by atoms with Crippen molar-refractivity contribution >= 4 is 21.6 Å². The molecule has 0 radical (unpaired) electrons. The molecule has 0 unspecified atom stereocenters. The average molecular weight is 469 g/mol. The van der Waals surface area contributed by atoms with Gasteiger partial charge in [0.1, 0.15) is 23.0 Å². The molecular formula is C25H28N2O5S. The van der Waals surface area contributed by atoms with E-state index in [1.54, 1.807) is 45.0 Å². The Balaban J connectivity index is 1.72. The monoisotopic (exact) mass is 468 g/mol. The number of carbonyl (C=O) groups is 1. The zero-order valence-corrected chi connectivity index (χ0v) is 19.9. The third-order valence-corrected chi connectivity index (χ3v) is 6.30. The molecule has 3 rings (SSSR count). The van der Waals surface area contributed by atoms with Crippen molar-refractivity contribution < 1.29 is 22.7 Å². The smallest absolute Gasteiger partial charge is 0.255 e. The van der Waals surface area contributed by atoms with E-state index >= 15 is 0 Å². The second kappa shape index (κ2) is 10.1. The Morgan fingerprint density at radius 2 is 1.61 bits per heavy atom. The van der Waals surface area contributed by atoms with Crippen LogP contribution in [-0.4, -0.2) is 27.0 Å². The summed E-state index contributed by atoms with van der Waals surface area (Å²) in [6.45, 7) is 5.65. The number of amides is 1. The summed E-state index contributed by atoms with van der Waals surface area (Å²) in [5.41, 5.74) is 1.11. The lowest BCUT2D eigenvalue weighted by molar-refractivity contribution is 0.102. The van der Waals surface area contributed by atoms with Gasteiger partial charge in [-0.15, -0.1) is 0 Å². The molecule has 0 atom stereocenters. The molecular weight excluding hydrogens is 440 g/mol. The first-order valence-corrected chi connectivity index (χ1v) is 11.9. The molecule has 0 aliphatic rings. The second-order valence-corrected chi connectivity index (χ2v) is 10.1. The zero-order valence-electron chi connectivity index (χ0n) is 19.1. The summed E-state index contributed by atoms with van der Waals surface area (Å²) in [5, 5.41) is 2.77. The highest BCUT2D eigenvalue weighted by Gasteiger charge is 2.26. The molecule has 0 saturated carbocycles. The Kier molecular flexibility index (Phi) is 7.40. The van der Waals surface area contributed by atoms with Crippen molar-refractivity contribution in [3.8, 4) is 11.5 Å². The highest BCUT2D eigenvalue weighted by molar-refractivity contribution is 7.89. The molecule has 3 aromatic carbocycles. The Morgan fingerprint density at radius 3 is 2.21 bits per heavy atom. The number of rotatable bonds is 8. The van der Waals surface area contributed by atoms with Gasteiger partial charge in [0.15, 0.2) is 0 Å². The van der Waals surface area contributed by atoms with Gasteiger partial charge in [0, 0.05) is 16.8 Å². The number of hydrogen-bond donors (Lipinski definition) is 2. The van der Waals surface area contributed by atoms with Crippen LogP contribution in [0.2, 0.25) is 0 Å². The summed E-state index contributed by atoms with van der Waals surface area (Å²) in [4.78, 5) is 12.7. The fraction of sp³-hybridized carbons (Fsp3) is 0.240. The van der Waals surface area contributed by atoms with Crippen LogP contribution in [0.25, 0.3) is 0 Å². The van der Waals surface area contributed by atoms with Crippen LogP contribution in [0.15, 0.2) is 77.7 Å². The number of hydrogen-bond acceptors (Lipinski definition) is 5. The predicted molar refractivity (Wildman–Crippen MR) is 128 cm³/mol. The summed E-state index contributed by atoms with van der Waals surface area (Å²) in [6, 6.07) is 21.1. The molecule has 0 aliphatic heterocycles. The summed E-state index contributed by atoms with van der Waals surface area (Å²) in [5.74, 6) is 0.383. The molecule has 33 heavy (non-hydrogen) atoms. The van der Waals surface area contributed by atoms with Gasteiger partial charge in [-0.2, -0.15) is 0 Å². The van der Waals surface area contributed by atoms with E-state index < -0.39 is 21.5 Å². The van der Waals surface area contributed by atoms with Crippen molar-refractivity contribution in [3.63, 3.8) is 0 Å². The Bertz CT molecular complexity index is 1200. The van der Waals surface area contributed by atoms with Gasteiger partial charge >= 0.3 is 0 Å². The third kappa shape index (κ3) is 6.81. The molecule has 0 heterocycles. The van der Waals surface area contributed by atoms with Crippen molar-refractivity contribution in [2.24, 2.45) is 0 Å². The standard InChI is InChI=1S/C25H28N2O5S/c1-25(2,3)27-33(29,30)23-16-19(10-15-22(23)31-4)24(28)26-20-11-13-21(14-12-20)32-17-18-8-6-5-7-9-18/h5-16,27H,17H2,1-4H3,(H,26,28). The molecule has 0 fully saturated rings. The van der Waals surface area contributed by atoms with Crippen LogP contribution in [-0.2, 0) is 16.6 Å². The van der Waals surface area contributed by atoms with Crippen LogP contribution >= 0.6 is 0 Å². The van der Waals surface area contributed by atoms with Crippen LogP contribution in [0.3, 0.4) is 0 Å². The lowest BCUT2D eigenvalue weighted by Gasteiger charge is -2.21. The van der Waals surface area contributed by atoms with Gasteiger partial charge in [-0.25, -0.2) is 13.1 Å². The Hall–Kier alpha value is -3.36. The first-order chi connectivity index (χ1) is 15.6. The summed E-state index contributed by atoms with van der Waals surface area (Å²) < 4.78 is 39.2. The molecule has 1 amide bonds. The first-order valence-electron chi connectivity index (χ1n) is 10.4. The van der Waals surface area contributed by atoms with Crippen molar-refractivity contribution in [1.82, 2.24) is 4.72 Å². The average Bonchev–Trinajstić information content (AvgIpc) is 2.77. The third-order valence-electron chi connectivity index (χ3n) is 4.52. The molecule has 8 heteroatoms. The maximum absolute atomic E-state index is 12.8. The van der Waals surface area contributed by atoms with Gasteiger partial charge in [-0.05, 0) is 68.8 Å². The van der Waals surface area contributed by atoms with Crippen molar-refractivity contribution in [1.29, 1.82) is 0 Å². The Labute approximate surface area is 194 Å². The molecule has 0 saturated heterocycles. The molecule has 0 spiro atoms.